The number of β-amino-alcohol motifs (C(OH)–C–C–N with tert-alkyl or cyclic N) is 1. The topological polar surface area (TPSA) is 94.1 Å². The zero-order valence-electron chi connectivity index (χ0n) is 21.7. The molecule has 2 N–H and O–H groups in total. The highest BCUT2D eigenvalue weighted by Gasteiger charge is 2.56. The first kappa shape index (κ1) is 24.6. The minimum atomic E-state index is -0.771. The van der Waals surface area contributed by atoms with Crippen molar-refractivity contribution < 1.29 is 14.6 Å². The number of urea groups is 1. The summed E-state index contributed by atoms with van der Waals surface area (Å²) in [4.78, 5) is 29.1. The fraction of sp³-hybridized carbons (Fsp3) is 0.607. The van der Waals surface area contributed by atoms with Gasteiger partial charge in [-0.1, -0.05) is 30.3 Å². The molecule has 1 aromatic carbocycles. The number of nitrogens with zero attached hydrogens (tertiary/aromatic N) is 5. The van der Waals surface area contributed by atoms with E-state index in [4.69, 9.17) is 4.74 Å². The molecule has 2 aromatic rings. The number of hydrogen-bond donors (Lipinski definition) is 2. The fourth-order valence-electron chi connectivity index (χ4n) is 6.66. The van der Waals surface area contributed by atoms with Crippen LogP contribution in [0.2, 0.25) is 0 Å². The minimum absolute atomic E-state index is 0.0419. The molecule has 6 rings (SSSR count). The zero-order valence-corrected chi connectivity index (χ0v) is 21.7. The summed E-state index contributed by atoms with van der Waals surface area (Å²) in [5.41, 5.74) is 0.820. The quantitative estimate of drug-likeness (QED) is 0.622. The Morgan fingerprint density at radius 1 is 1.00 bits per heavy atom. The molecule has 37 heavy (non-hydrogen) atoms. The van der Waals surface area contributed by atoms with E-state index in [1.54, 1.807) is 12.4 Å². The molecule has 2 aliphatic heterocycles. The Bertz CT molecular complexity index is 1090. The van der Waals surface area contributed by atoms with Crippen molar-refractivity contribution >= 4 is 17.7 Å². The van der Waals surface area contributed by atoms with Gasteiger partial charge in [0.05, 0.1) is 55.5 Å². The summed E-state index contributed by atoms with van der Waals surface area (Å²) in [5.74, 6) is 0.674. The summed E-state index contributed by atoms with van der Waals surface area (Å²) in [6.45, 7) is 3.88. The number of hydrogen-bond acceptors (Lipinski definition) is 7. The number of benzene rings is 1. The summed E-state index contributed by atoms with van der Waals surface area (Å²) in [6.07, 6.45) is 9.67. The molecule has 198 valence electrons. The molecule has 1 spiro atoms. The largest absolute Gasteiger partial charge is 0.388 e. The van der Waals surface area contributed by atoms with Gasteiger partial charge in [-0.15, -0.1) is 0 Å². The van der Waals surface area contributed by atoms with Gasteiger partial charge in [-0.25, -0.2) is 14.8 Å². The third-order valence-corrected chi connectivity index (χ3v) is 9.29. The van der Waals surface area contributed by atoms with Crippen LogP contribution >= 0.6 is 0 Å². The lowest BCUT2D eigenvalue weighted by Gasteiger charge is -2.50. The Balaban J connectivity index is 1.26. The standard InChI is InChI=1S/C28H38N6O3/c1-29-28(22-6-3-2-4-7-22)12-10-26(11-13-28)20-33(25(35)34(26)21-27(36)8-5-9-27)23-18-30-24(31-19-23)32-14-16-37-17-15-32/h2-4,6-7,18-19,29,36H,5,8-17,20-21H2,1H3/t26-,28-. The minimum Gasteiger partial charge on any atom is -0.388 e. The predicted octanol–water partition coefficient (Wildman–Crippen LogP) is 2.90. The number of anilines is 2. The van der Waals surface area contributed by atoms with E-state index in [1.807, 2.05) is 16.8 Å². The predicted molar refractivity (Wildman–Crippen MR) is 142 cm³/mol. The fourth-order valence-corrected chi connectivity index (χ4v) is 6.66. The molecule has 2 saturated heterocycles. The van der Waals surface area contributed by atoms with Crippen molar-refractivity contribution in [1.82, 2.24) is 20.2 Å². The molecule has 4 aliphatic rings. The lowest BCUT2D eigenvalue weighted by atomic mass is 9.68. The Kier molecular flexibility index (Phi) is 6.33. The first-order chi connectivity index (χ1) is 18.0. The van der Waals surface area contributed by atoms with Crippen molar-refractivity contribution in [3.05, 3.63) is 48.3 Å². The van der Waals surface area contributed by atoms with Crippen LogP contribution in [0.25, 0.3) is 0 Å². The van der Waals surface area contributed by atoms with Crippen molar-refractivity contribution in [1.29, 1.82) is 0 Å². The van der Waals surface area contributed by atoms with Crippen LogP contribution in [0.3, 0.4) is 0 Å². The highest BCUT2D eigenvalue weighted by Crippen LogP contribution is 2.48. The third-order valence-electron chi connectivity index (χ3n) is 9.29. The molecule has 0 radical (unpaired) electrons. The van der Waals surface area contributed by atoms with Gasteiger partial charge in [0.2, 0.25) is 5.95 Å². The van der Waals surface area contributed by atoms with Gasteiger partial charge >= 0.3 is 6.03 Å². The second-order valence-electron chi connectivity index (χ2n) is 11.3. The average Bonchev–Trinajstić information content (AvgIpc) is 3.20. The lowest BCUT2D eigenvalue weighted by Crippen LogP contribution is -2.59. The van der Waals surface area contributed by atoms with Crippen LogP contribution < -0.4 is 15.1 Å². The van der Waals surface area contributed by atoms with Crippen molar-refractivity contribution in [2.45, 2.75) is 61.6 Å². The van der Waals surface area contributed by atoms with E-state index < -0.39 is 5.60 Å². The maximum atomic E-state index is 13.9. The van der Waals surface area contributed by atoms with Crippen LogP contribution in [0.1, 0.15) is 50.5 Å². The number of aromatic nitrogens is 2. The number of morpholine rings is 1. The molecular formula is C28H38N6O3. The molecule has 3 heterocycles. The van der Waals surface area contributed by atoms with Gasteiger partial charge in [0, 0.05) is 18.6 Å². The number of nitrogens with one attached hydrogen (secondary N) is 1. The molecule has 2 aliphatic carbocycles. The summed E-state index contributed by atoms with van der Waals surface area (Å²) < 4.78 is 5.44. The molecule has 0 atom stereocenters. The lowest BCUT2D eigenvalue weighted by molar-refractivity contribution is -0.0690. The summed E-state index contributed by atoms with van der Waals surface area (Å²) in [5, 5.41) is 14.7. The number of rotatable bonds is 6. The number of carbonyl (C=O) groups is 1. The molecule has 9 heteroatoms. The Labute approximate surface area is 218 Å². The van der Waals surface area contributed by atoms with Crippen LogP contribution in [0.15, 0.2) is 42.7 Å². The highest BCUT2D eigenvalue weighted by atomic mass is 16.5. The smallest absolute Gasteiger partial charge is 0.325 e. The van der Waals surface area contributed by atoms with E-state index >= 15 is 0 Å². The van der Waals surface area contributed by atoms with E-state index in [-0.39, 0.29) is 17.1 Å². The average molecular weight is 507 g/mol. The van der Waals surface area contributed by atoms with Crippen molar-refractivity contribution in [3.63, 3.8) is 0 Å². The van der Waals surface area contributed by atoms with Gasteiger partial charge in [-0.05, 0) is 57.6 Å². The zero-order chi connectivity index (χ0) is 25.5. The van der Waals surface area contributed by atoms with Gasteiger partial charge in [-0.2, -0.15) is 0 Å². The highest BCUT2D eigenvalue weighted by molar-refractivity contribution is 5.95. The molecule has 9 nitrogen and oxygen atoms in total. The van der Waals surface area contributed by atoms with E-state index in [0.29, 0.717) is 32.3 Å². The molecule has 1 aromatic heterocycles. The second-order valence-corrected chi connectivity index (χ2v) is 11.3. The van der Waals surface area contributed by atoms with E-state index in [0.717, 1.165) is 63.7 Å². The summed E-state index contributed by atoms with van der Waals surface area (Å²) in [7, 11) is 2.04. The Morgan fingerprint density at radius 2 is 1.68 bits per heavy atom. The van der Waals surface area contributed by atoms with Crippen LogP contribution in [0, 0.1) is 0 Å². The Morgan fingerprint density at radius 3 is 2.27 bits per heavy atom. The second kappa shape index (κ2) is 9.53. The van der Waals surface area contributed by atoms with E-state index in [2.05, 4.69) is 50.5 Å². The van der Waals surface area contributed by atoms with E-state index in [9.17, 15) is 9.90 Å². The monoisotopic (exact) mass is 506 g/mol. The molecule has 2 amide bonds. The number of aliphatic hydroxyl groups is 1. The van der Waals surface area contributed by atoms with Gasteiger partial charge in [0.1, 0.15) is 0 Å². The maximum absolute atomic E-state index is 13.9. The van der Waals surface area contributed by atoms with Crippen molar-refractivity contribution in [3.8, 4) is 0 Å². The van der Waals surface area contributed by atoms with Gasteiger partial charge in [0.25, 0.3) is 0 Å². The summed E-state index contributed by atoms with van der Waals surface area (Å²) in [6, 6.07) is 10.6. The maximum Gasteiger partial charge on any atom is 0.325 e. The number of amides is 2. The Hall–Kier alpha value is -2.75. The van der Waals surface area contributed by atoms with Crippen LogP contribution in [-0.2, 0) is 10.3 Å². The first-order valence-electron chi connectivity index (χ1n) is 13.7. The van der Waals surface area contributed by atoms with Crippen LogP contribution in [-0.4, -0.2) is 83.6 Å². The first-order valence-corrected chi connectivity index (χ1v) is 13.7. The number of ether oxygens (including phenoxy) is 1. The van der Waals surface area contributed by atoms with Gasteiger partial charge < -0.3 is 25.0 Å². The summed E-state index contributed by atoms with van der Waals surface area (Å²) >= 11 is 0. The molecule has 0 bridgehead atoms. The molecular weight excluding hydrogens is 468 g/mol. The van der Waals surface area contributed by atoms with Gasteiger partial charge in [0.15, 0.2) is 0 Å². The number of carbonyl (C=O) groups excluding carboxylic acids is 1. The normalized spacial score (nSPS) is 29.6. The molecule has 2 saturated carbocycles. The van der Waals surface area contributed by atoms with Crippen molar-refractivity contribution in [2.24, 2.45) is 0 Å². The molecule has 0 unspecified atom stereocenters. The van der Waals surface area contributed by atoms with Crippen molar-refractivity contribution in [2.75, 3.05) is 56.2 Å². The third kappa shape index (κ3) is 4.36. The van der Waals surface area contributed by atoms with Crippen LogP contribution in [0.4, 0.5) is 16.4 Å². The SMILES string of the molecule is CN[C@]1(c2ccccc2)CC[C@@]2(CC1)CN(c1cnc(N3CCOCC3)nc1)C(=O)N2CC1(O)CCC1. The van der Waals surface area contributed by atoms with Gasteiger partial charge in [-0.3, -0.25) is 4.90 Å². The van der Waals surface area contributed by atoms with E-state index in [1.165, 1.54) is 5.56 Å². The van der Waals surface area contributed by atoms with Crippen LogP contribution in [0.5, 0.6) is 0 Å². The molecule has 4 fully saturated rings.